The van der Waals surface area contributed by atoms with E-state index in [1.807, 2.05) is 42.5 Å². The summed E-state index contributed by atoms with van der Waals surface area (Å²) >= 11 is 0. The lowest BCUT2D eigenvalue weighted by atomic mass is 10.2. The number of nitrogens with zero attached hydrogens (tertiary/aromatic N) is 2. The number of hydrogen-bond acceptors (Lipinski definition) is 4. The number of nitrogens with one attached hydrogen (secondary N) is 1. The van der Waals surface area contributed by atoms with E-state index >= 15 is 0 Å². The van der Waals surface area contributed by atoms with Crippen LogP contribution in [0.3, 0.4) is 0 Å². The zero-order valence-electron chi connectivity index (χ0n) is 19.2. The molecular weight excluding hydrogens is 433 g/mol. The Morgan fingerprint density at radius 1 is 1.00 bits per heavy atom. The predicted molar refractivity (Wildman–Crippen MR) is 130 cm³/mol. The molecule has 0 saturated carbocycles. The second-order valence-electron chi connectivity index (χ2n) is 7.89. The Morgan fingerprint density at radius 2 is 1.79 bits per heavy atom. The quantitative estimate of drug-likeness (QED) is 0.319. The van der Waals surface area contributed by atoms with Crippen molar-refractivity contribution in [2.45, 2.75) is 25.8 Å². The molecule has 0 unspecified atom stereocenters. The third-order valence-electron chi connectivity index (χ3n) is 5.55. The first-order valence-corrected chi connectivity index (χ1v) is 11.4. The summed E-state index contributed by atoms with van der Waals surface area (Å²) < 4.78 is 27.1. The van der Waals surface area contributed by atoms with E-state index < -0.39 is 11.7 Å². The molecule has 0 spiro atoms. The van der Waals surface area contributed by atoms with Crippen LogP contribution in [0.5, 0.6) is 11.5 Å². The molecule has 0 fully saturated rings. The second kappa shape index (κ2) is 11.3. The van der Waals surface area contributed by atoms with Gasteiger partial charge in [-0.1, -0.05) is 30.3 Å². The number of rotatable bonds is 11. The van der Waals surface area contributed by atoms with Gasteiger partial charge in [-0.05, 0) is 49.2 Å². The number of benzene rings is 3. The van der Waals surface area contributed by atoms with E-state index in [1.165, 1.54) is 12.1 Å². The molecule has 0 aliphatic heterocycles. The second-order valence-corrected chi connectivity index (χ2v) is 7.89. The lowest BCUT2D eigenvalue weighted by Gasteiger charge is -2.11. The molecule has 1 heterocycles. The average Bonchev–Trinajstić information content (AvgIpc) is 3.22. The lowest BCUT2D eigenvalue weighted by Crippen LogP contribution is -2.25. The number of hydrogen-bond donors (Lipinski definition) is 1. The third-order valence-corrected chi connectivity index (χ3v) is 5.55. The van der Waals surface area contributed by atoms with Crippen molar-refractivity contribution in [3.63, 3.8) is 0 Å². The van der Waals surface area contributed by atoms with Crippen LogP contribution in [0, 0.1) is 5.82 Å². The molecule has 6 nitrogen and oxygen atoms in total. The van der Waals surface area contributed by atoms with Crippen LogP contribution in [0.2, 0.25) is 0 Å². The van der Waals surface area contributed by atoms with Gasteiger partial charge in [-0.2, -0.15) is 0 Å². The van der Waals surface area contributed by atoms with Gasteiger partial charge >= 0.3 is 0 Å². The summed E-state index contributed by atoms with van der Waals surface area (Å²) in [4.78, 5) is 17.0. The Balaban J connectivity index is 1.33. The highest BCUT2D eigenvalue weighted by atomic mass is 19.1. The maximum atomic E-state index is 13.8. The fourth-order valence-electron chi connectivity index (χ4n) is 3.86. The average molecular weight is 462 g/mol. The van der Waals surface area contributed by atoms with Crippen molar-refractivity contribution < 1.29 is 18.7 Å². The van der Waals surface area contributed by atoms with Gasteiger partial charge in [0.1, 0.15) is 23.1 Å². The van der Waals surface area contributed by atoms with Gasteiger partial charge in [0, 0.05) is 25.6 Å². The maximum absolute atomic E-state index is 13.8. The molecule has 7 heteroatoms. The molecule has 176 valence electrons. The first-order valence-electron chi connectivity index (χ1n) is 11.4. The van der Waals surface area contributed by atoms with Gasteiger partial charge in [-0.3, -0.25) is 4.79 Å². The normalized spacial score (nSPS) is 10.9. The van der Waals surface area contributed by atoms with Gasteiger partial charge in [0.15, 0.2) is 0 Å². The molecule has 3 aromatic carbocycles. The van der Waals surface area contributed by atoms with Crippen molar-refractivity contribution in [1.82, 2.24) is 14.9 Å². The van der Waals surface area contributed by atoms with E-state index in [0.717, 1.165) is 41.3 Å². The first kappa shape index (κ1) is 23.3. The summed E-state index contributed by atoms with van der Waals surface area (Å²) in [7, 11) is 1.64. The molecule has 34 heavy (non-hydrogen) atoms. The van der Waals surface area contributed by atoms with E-state index in [2.05, 4.69) is 16.0 Å². The number of amides is 1. The number of para-hydroxylation sites is 2. The fourth-order valence-corrected chi connectivity index (χ4v) is 3.86. The summed E-state index contributed by atoms with van der Waals surface area (Å²) in [6.45, 7) is 1.77. The SMILES string of the molecule is COc1cccc(OCCCn2c(CCCNC(=O)c3ccccc3F)nc3ccccc32)c1. The van der Waals surface area contributed by atoms with E-state index in [4.69, 9.17) is 14.5 Å². The number of aromatic nitrogens is 2. The zero-order chi connectivity index (χ0) is 23.8. The van der Waals surface area contributed by atoms with Gasteiger partial charge in [0.25, 0.3) is 5.91 Å². The minimum atomic E-state index is -0.516. The summed E-state index contributed by atoms with van der Waals surface area (Å²) in [5.41, 5.74) is 2.08. The van der Waals surface area contributed by atoms with Gasteiger partial charge in [-0.15, -0.1) is 0 Å². The molecule has 0 aliphatic rings. The number of halogens is 1. The number of carbonyl (C=O) groups excluding carboxylic acids is 1. The van der Waals surface area contributed by atoms with Crippen LogP contribution >= 0.6 is 0 Å². The van der Waals surface area contributed by atoms with Crippen molar-refractivity contribution in [2.75, 3.05) is 20.3 Å². The molecule has 4 aromatic rings. The van der Waals surface area contributed by atoms with Crippen LogP contribution in [0.25, 0.3) is 11.0 Å². The molecule has 0 aliphatic carbocycles. The molecule has 4 rings (SSSR count). The summed E-state index contributed by atoms with van der Waals surface area (Å²) in [5, 5.41) is 2.80. The minimum Gasteiger partial charge on any atom is -0.497 e. The van der Waals surface area contributed by atoms with Crippen molar-refractivity contribution in [3.8, 4) is 11.5 Å². The van der Waals surface area contributed by atoms with Crippen LogP contribution < -0.4 is 14.8 Å². The number of ether oxygens (including phenoxy) is 2. The number of fused-ring (bicyclic) bond motifs is 1. The monoisotopic (exact) mass is 461 g/mol. The Bertz CT molecular complexity index is 1250. The highest BCUT2D eigenvalue weighted by Gasteiger charge is 2.12. The van der Waals surface area contributed by atoms with Crippen molar-refractivity contribution >= 4 is 16.9 Å². The number of carbonyl (C=O) groups is 1. The van der Waals surface area contributed by atoms with E-state index in [0.29, 0.717) is 26.0 Å². The van der Waals surface area contributed by atoms with Crippen LogP contribution in [-0.2, 0) is 13.0 Å². The topological polar surface area (TPSA) is 65.4 Å². The van der Waals surface area contributed by atoms with Gasteiger partial charge < -0.3 is 19.4 Å². The first-order chi connectivity index (χ1) is 16.7. The molecule has 0 bridgehead atoms. The van der Waals surface area contributed by atoms with E-state index in [1.54, 1.807) is 19.2 Å². The Kier molecular flexibility index (Phi) is 7.75. The maximum Gasteiger partial charge on any atom is 0.254 e. The van der Waals surface area contributed by atoms with Crippen LogP contribution in [-0.4, -0.2) is 35.7 Å². The zero-order valence-corrected chi connectivity index (χ0v) is 19.2. The molecule has 1 amide bonds. The molecule has 1 aromatic heterocycles. The Labute approximate surface area is 198 Å². The lowest BCUT2D eigenvalue weighted by molar-refractivity contribution is 0.0949. The van der Waals surface area contributed by atoms with Crippen LogP contribution in [0.15, 0.2) is 72.8 Å². The van der Waals surface area contributed by atoms with E-state index in [-0.39, 0.29) is 5.56 Å². The summed E-state index contributed by atoms with van der Waals surface area (Å²) in [6, 6.07) is 21.6. The number of methoxy groups -OCH3 is 1. The highest BCUT2D eigenvalue weighted by Crippen LogP contribution is 2.20. The molecule has 0 saturated heterocycles. The summed E-state index contributed by atoms with van der Waals surface area (Å²) in [6.07, 6.45) is 2.21. The van der Waals surface area contributed by atoms with Gasteiger partial charge in [-0.25, -0.2) is 9.37 Å². The van der Waals surface area contributed by atoms with Crippen LogP contribution in [0.4, 0.5) is 4.39 Å². The number of aryl methyl sites for hydroxylation is 2. The smallest absolute Gasteiger partial charge is 0.254 e. The molecular formula is C27H28FN3O3. The van der Waals surface area contributed by atoms with Gasteiger partial charge in [0.05, 0.1) is 30.3 Å². The Morgan fingerprint density at radius 3 is 2.65 bits per heavy atom. The van der Waals surface area contributed by atoms with Crippen molar-refractivity contribution in [1.29, 1.82) is 0 Å². The largest absolute Gasteiger partial charge is 0.497 e. The summed E-state index contributed by atoms with van der Waals surface area (Å²) in [5.74, 6) is 1.59. The predicted octanol–water partition coefficient (Wildman–Crippen LogP) is 5.02. The van der Waals surface area contributed by atoms with Crippen molar-refractivity contribution in [2.24, 2.45) is 0 Å². The van der Waals surface area contributed by atoms with E-state index in [9.17, 15) is 9.18 Å². The third kappa shape index (κ3) is 5.73. The van der Waals surface area contributed by atoms with Crippen molar-refractivity contribution in [3.05, 3.63) is 90.0 Å². The standard InChI is InChI=1S/C27H28FN3O3/c1-33-20-9-6-10-21(19-20)34-18-8-17-31-25-14-5-4-13-24(25)30-26(31)15-7-16-29-27(32)22-11-2-3-12-23(22)28/h2-6,9-14,19H,7-8,15-18H2,1H3,(H,29,32). The van der Waals surface area contributed by atoms with Crippen LogP contribution in [0.1, 0.15) is 29.0 Å². The number of imidazole rings is 1. The van der Waals surface area contributed by atoms with Gasteiger partial charge in [0.2, 0.25) is 0 Å². The Hall–Kier alpha value is -3.87. The molecule has 0 atom stereocenters. The fraction of sp³-hybridized carbons (Fsp3) is 0.259. The molecule has 1 N–H and O–H groups in total. The molecule has 0 radical (unpaired) electrons. The highest BCUT2D eigenvalue weighted by molar-refractivity contribution is 5.94. The minimum absolute atomic E-state index is 0.0609.